The minimum atomic E-state index is -3.84. The maximum Gasteiger partial charge on any atom is 0.251 e. The van der Waals surface area contributed by atoms with E-state index in [9.17, 15) is 21.6 Å². The summed E-state index contributed by atoms with van der Waals surface area (Å²) in [6.07, 6.45) is 0.965. The number of nitrogens with zero attached hydrogens (tertiary/aromatic N) is 1. The van der Waals surface area contributed by atoms with Crippen molar-refractivity contribution in [2.75, 3.05) is 38.2 Å². The highest BCUT2D eigenvalue weighted by Crippen LogP contribution is 2.32. The van der Waals surface area contributed by atoms with Gasteiger partial charge in [-0.1, -0.05) is 20.8 Å². The Kier molecular flexibility index (Phi) is 7.69. The SMILES string of the molecule is CCS(=O)(=O)CCNC(=O)c1ccc(OC)c(S(=O)(=O)N2CC(C)CC(C)C2)c1. The molecule has 1 aromatic rings. The predicted octanol–water partition coefficient (Wildman–Crippen LogP) is 1.53. The van der Waals surface area contributed by atoms with Crippen LogP contribution in [0.4, 0.5) is 0 Å². The van der Waals surface area contributed by atoms with Crippen molar-refractivity contribution in [3.8, 4) is 5.75 Å². The minimum absolute atomic E-state index is 0.000474. The second-order valence-corrected chi connectivity index (χ2v) is 12.0. The standard InChI is InChI=1S/C19H30N2O6S2/c1-5-28(23,24)9-8-20-19(22)16-6-7-17(27-4)18(11-16)29(25,26)21-12-14(2)10-15(3)13-21/h6-7,11,14-15H,5,8-10,12-13H2,1-4H3,(H,20,22). The quantitative estimate of drug-likeness (QED) is 0.648. The van der Waals surface area contributed by atoms with Crippen LogP contribution in [0.3, 0.4) is 0 Å². The Hall–Kier alpha value is -1.65. The van der Waals surface area contributed by atoms with E-state index in [2.05, 4.69) is 5.32 Å². The van der Waals surface area contributed by atoms with Crippen LogP contribution in [0, 0.1) is 11.8 Å². The van der Waals surface area contributed by atoms with Crippen molar-refractivity contribution in [1.82, 2.24) is 9.62 Å². The van der Waals surface area contributed by atoms with Crippen LogP contribution < -0.4 is 10.1 Å². The molecule has 0 saturated carbocycles. The van der Waals surface area contributed by atoms with Gasteiger partial charge in [0.15, 0.2) is 9.84 Å². The van der Waals surface area contributed by atoms with E-state index >= 15 is 0 Å². The fourth-order valence-corrected chi connectivity index (χ4v) is 6.09. The molecule has 0 spiro atoms. The van der Waals surface area contributed by atoms with E-state index in [1.165, 1.54) is 29.6 Å². The molecule has 2 unspecified atom stereocenters. The van der Waals surface area contributed by atoms with E-state index in [1.807, 2.05) is 13.8 Å². The number of methoxy groups -OCH3 is 1. The molecule has 0 radical (unpaired) electrons. The number of amides is 1. The van der Waals surface area contributed by atoms with Crippen molar-refractivity contribution in [1.29, 1.82) is 0 Å². The summed E-state index contributed by atoms with van der Waals surface area (Å²) in [7, 11) is -5.66. The van der Waals surface area contributed by atoms with Gasteiger partial charge in [0.25, 0.3) is 5.91 Å². The average molecular weight is 447 g/mol. The number of carbonyl (C=O) groups is 1. The molecule has 1 heterocycles. The van der Waals surface area contributed by atoms with Gasteiger partial charge in [-0.2, -0.15) is 4.31 Å². The molecule has 2 rings (SSSR count). The van der Waals surface area contributed by atoms with Crippen molar-refractivity contribution < 1.29 is 26.4 Å². The predicted molar refractivity (Wildman–Crippen MR) is 111 cm³/mol. The normalized spacial score (nSPS) is 21.0. The molecule has 1 fully saturated rings. The molecular weight excluding hydrogens is 416 g/mol. The van der Waals surface area contributed by atoms with Crippen LogP contribution in [0.25, 0.3) is 0 Å². The third kappa shape index (κ3) is 5.93. The Morgan fingerprint density at radius 3 is 2.34 bits per heavy atom. The van der Waals surface area contributed by atoms with Crippen LogP contribution >= 0.6 is 0 Å². The molecule has 164 valence electrons. The summed E-state index contributed by atoms with van der Waals surface area (Å²) in [5.41, 5.74) is 0.136. The van der Waals surface area contributed by atoms with Crippen LogP contribution in [0.1, 0.15) is 37.6 Å². The molecule has 0 bridgehead atoms. The molecule has 29 heavy (non-hydrogen) atoms. The van der Waals surface area contributed by atoms with Crippen LogP contribution in [-0.4, -0.2) is 65.3 Å². The van der Waals surface area contributed by atoms with Gasteiger partial charge < -0.3 is 10.1 Å². The molecular formula is C19H30N2O6S2. The van der Waals surface area contributed by atoms with Gasteiger partial charge >= 0.3 is 0 Å². The zero-order valence-electron chi connectivity index (χ0n) is 17.3. The molecule has 1 amide bonds. The van der Waals surface area contributed by atoms with E-state index in [1.54, 1.807) is 6.92 Å². The molecule has 10 heteroatoms. The Labute approximate surface area is 173 Å². The number of hydrogen-bond acceptors (Lipinski definition) is 6. The molecule has 1 aliphatic rings. The summed E-state index contributed by atoms with van der Waals surface area (Å²) in [5, 5.41) is 2.53. The first-order chi connectivity index (χ1) is 13.5. The second kappa shape index (κ2) is 9.44. The van der Waals surface area contributed by atoms with Crippen molar-refractivity contribution in [2.45, 2.75) is 32.1 Å². The lowest BCUT2D eigenvalue weighted by Gasteiger charge is -2.34. The molecule has 2 atom stereocenters. The zero-order chi connectivity index (χ0) is 21.8. The highest BCUT2D eigenvalue weighted by molar-refractivity contribution is 7.91. The fourth-order valence-electron chi connectivity index (χ4n) is 3.53. The third-order valence-electron chi connectivity index (χ3n) is 5.02. The Balaban J connectivity index is 2.27. The monoisotopic (exact) mass is 446 g/mol. The Morgan fingerprint density at radius 2 is 1.79 bits per heavy atom. The van der Waals surface area contributed by atoms with Gasteiger partial charge in [0.05, 0.1) is 12.9 Å². The van der Waals surface area contributed by atoms with E-state index in [0.717, 1.165) is 6.42 Å². The van der Waals surface area contributed by atoms with Crippen molar-refractivity contribution in [3.63, 3.8) is 0 Å². The summed E-state index contributed by atoms with van der Waals surface area (Å²) in [6.45, 7) is 6.37. The maximum absolute atomic E-state index is 13.3. The smallest absolute Gasteiger partial charge is 0.251 e. The van der Waals surface area contributed by atoms with Gasteiger partial charge in [-0.05, 0) is 36.5 Å². The van der Waals surface area contributed by atoms with E-state index in [0.29, 0.717) is 13.1 Å². The summed E-state index contributed by atoms with van der Waals surface area (Å²) in [6, 6.07) is 4.20. The number of sulfonamides is 1. The molecule has 1 aromatic carbocycles. The van der Waals surface area contributed by atoms with Gasteiger partial charge in [-0.3, -0.25) is 4.79 Å². The molecule has 0 aromatic heterocycles. The molecule has 0 aliphatic carbocycles. The summed E-state index contributed by atoms with van der Waals surface area (Å²) in [4.78, 5) is 12.4. The number of piperidine rings is 1. The number of carbonyl (C=O) groups excluding carboxylic acids is 1. The van der Waals surface area contributed by atoms with Crippen LogP contribution in [-0.2, 0) is 19.9 Å². The minimum Gasteiger partial charge on any atom is -0.495 e. The summed E-state index contributed by atoms with van der Waals surface area (Å²) < 4.78 is 56.3. The first-order valence-corrected chi connectivity index (χ1v) is 12.9. The molecule has 8 nitrogen and oxygen atoms in total. The average Bonchev–Trinajstić information content (AvgIpc) is 2.66. The van der Waals surface area contributed by atoms with Crippen LogP contribution in [0.5, 0.6) is 5.75 Å². The zero-order valence-corrected chi connectivity index (χ0v) is 19.0. The summed E-state index contributed by atoms with van der Waals surface area (Å²) in [5.74, 6) is -0.0459. The van der Waals surface area contributed by atoms with Crippen molar-refractivity contribution in [3.05, 3.63) is 23.8 Å². The Morgan fingerprint density at radius 1 is 1.17 bits per heavy atom. The number of nitrogens with one attached hydrogen (secondary N) is 1. The van der Waals surface area contributed by atoms with Crippen molar-refractivity contribution >= 4 is 25.8 Å². The van der Waals surface area contributed by atoms with Crippen LogP contribution in [0.2, 0.25) is 0 Å². The topological polar surface area (TPSA) is 110 Å². The summed E-state index contributed by atoms with van der Waals surface area (Å²) >= 11 is 0. The lowest BCUT2D eigenvalue weighted by molar-refractivity contribution is 0.0956. The molecule has 1 aliphatic heterocycles. The highest BCUT2D eigenvalue weighted by atomic mass is 32.2. The van der Waals surface area contributed by atoms with Crippen LogP contribution in [0.15, 0.2) is 23.1 Å². The highest BCUT2D eigenvalue weighted by Gasteiger charge is 2.34. The lowest BCUT2D eigenvalue weighted by atomic mass is 9.94. The first kappa shape index (κ1) is 23.6. The van der Waals surface area contributed by atoms with Gasteiger partial charge in [0.1, 0.15) is 10.6 Å². The largest absolute Gasteiger partial charge is 0.495 e. The maximum atomic E-state index is 13.3. The number of benzene rings is 1. The van der Waals surface area contributed by atoms with Gasteiger partial charge in [0.2, 0.25) is 10.0 Å². The van der Waals surface area contributed by atoms with Crippen molar-refractivity contribution in [2.24, 2.45) is 11.8 Å². The molecule has 1 saturated heterocycles. The van der Waals surface area contributed by atoms with Gasteiger partial charge in [-0.15, -0.1) is 0 Å². The van der Waals surface area contributed by atoms with Gasteiger partial charge in [0, 0.05) is 31.0 Å². The lowest BCUT2D eigenvalue weighted by Crippen LogP contribution is -2.42. The van der Waals surface area contributed by atoms with E-state index in [-0.39, 0.29) is 46.1 Å². The number of hydrogen-bond donors (Lipinski definition) is 1. The first-order valence-electron chi connectivity index (χ1n) is 9.67. The number of ether oxygens (including phenoxy) is 1. The van der Waals surface area contributed by atoms with E-state index < -0.39 is 25.8 Å². The number of sulfone groups is 1. The third-order valence-corrected chi connectivity index (χ3v) is 8.58. The Bertz CT molecular complexity index is 933. The molecule has 1 N–H and O–H groups in total. The number of rotatable bonds is 8. The van der Waals surface area contributed by atoms with Gasteiger partial charge in [-0.25, -0.2) is 16.8 Å². The second-order valence-electron chi connectivity index (χ2n) is 7.63. The fraction of sp³-hybridized carbons (Fsp3) is 0.632. The van der Waals surface area contributed by atoms with E-state index in [4.69, 9.17) is 4.74 Å².